The average molecular weight is 456 g/mol. The smallest absolute Gasteiger partial charge is 0.213 e. The van der Waals surface area contributed by atoms with E-state index >= 15 is 0 Å². The Hall–Kier alpha value is -2.84. The molecule has 0 radical (unpaired) electrons. The van der Waals surface area contributed by atoms with Gasteiger partial charge in [-0.05, 0) is 66.6 Å². The van der Waals surface area contributed by atoms with Crippen LogP contribution in [0.15, 0.2) is 48.8 Å². The Morgan fingerprint density at radius 2 is 1.78 bits per heavy atom. The van der Waals surface area contributed by atoms with E-state index in [1.54, 1.807) is 31.6 Å². The van der Waals surface area contributed by atoms with Gasteiger partial charge in [0.15, 0.2) is 11.5 Å². The molecule has 0 aliphatic carbocycles. The Labute approximate surface area is 189 Å². The third-order valence-electron chi connectivity index (χ3n) is 6.04. The van der Waals surface area contributed by atoms with Crippen LogP contribution in [0.3, 0.4) is 0 Å². The van der Waals surface area contributed by atoms with Crippen LogP contribution in [-0.2, 0) is 10.0 Å². The second-order valence-electron chi connectivity index (χ2n) is 7.91. The Morgan fingerprint density at radius 3 is 2.47 bits per heavy atom. The summed E-state index contributed by atoms with van der Waals surface area (Å²) >= 11 is 0. The third-order valence-corrected chi connectivity index (χ3v) is 7.93. The maximum atomic E-state index is 12.2. The van der Waals surface area contributed by atoms with Gasteiger partial charge in [0.25, 0.3) is 0 Å². The molecule has 4 rings (SSSR count). The number of aromatic nitrogens is 1. The molecule has 7 nitrogen and oxygen atoms in total. The van der Waals surface area contributed by atoms with Crippen molar-refractivity contribution in [3.63, 3.8) is 0 Å². The lowest BCUT2D eigenvalue weighted by Crippen LogP contribution is -2.42. The minimum atomic E-state index is -3.13. The number of benzene rings is 2. The molecule has 0 unspecified atom stereocenters. The molecule has 0 atom stereocenters. The predicted octanol–water partition coefficient (Wildman–Crippen LogP) is 4.15. The predicted molar refractivity (Wildman–Crippen MR) is 128 cm³/mol. The first-order chi connectivity index (χ1) is 15.4. The summed E-state index contributed by atoms with van der Waals surface area (Å²) in [6.07, 6.45) is 5.19. The number of sulfonamides is 1. The summed E-state index contributed by atoms with van der Waals surface area (Å²) in [6.45, 7) is 2.78. The first-order valence-corrected chi connectivity index (χ1v) is 12.4. The van der Waals surface area contributed by atoms with Gasteiger partial charge in [0.05, 0.1) is 20.0 Å². The van der Waals surface area contributed by atoms with Crippen LogP contribution in [-0.4, -0.2) is 56.8 Å². The molecule has 1 aliphatic heterocycles. The molecule has 2 aromatic carbocycles. The lowest BCUT2D eigenvalue weighted by Gasteiger charge is -2.32. The maximum Gasteiger partial charge on any atom is 0.213 e. The Balaban J connectivity index is 1.64. The number of nitrogens with zero attached hydrogens (tertiary/aromatic N) is 2. The van der Waals surface area contributed by atoms with Gasteiger partial charge in [-0.1, -0.05) is 6.07 Å². The lowest BCUT2D eigenvalue weighted by molar-refractivity contribution is 0.330. The molecular formula is C24H29N3O4S. The Bertz CT molecular complexity index is 1210. The monoisotopic (exact) mass is 455 g/mol. The van der Waals surface area contributed by atoms with Crippen LogP contribution in [0.25, 0.3) is 21.9 Å². The second kappa shape index (κ2) is 9.34. The van der Waals surface area contributed by atoms with Crippen LogP contribution in [0.5, 0.6) is 11.5 Å². The summed E-state index contributed by atoms with van der Waals surface area (Å²) in [5.74, 6) is 1.52. The van der Waals surface area contributed by atoms with Crippen molar-refractivity contribution in [3.8, 4) is 22.6 Å². The fourth-order valence-electron chi connectivity index (χ4n) is 4.18. The molecule has 1 aromatic heterocycles. The topological polar surface area (TPSA) is 80.8 Å². The molecule has 1 aliphatic rings. The van der Waals surface area contributed by atoms with Gasteiger partial charge in [0, 0.05) is 42.6 Å². The molecule has 1 saturated heterocycles. The van der Waals surface area contributed by atoms with Gasteiger partial charge in [-0.3, -0.25) is 4.98 Å². The molecule has 1 fully saturated rings. The lowest BCUT2D eigenvalue weighted by atomic mass is 9.99. The maximum absolute atomic E-state index is 12.2. The first-order valence-electron chi connectivity index (χ1n) is 10.8. The van der Waals surface area contributed by atoms with Gasteiger partial charge in [0.2, 0.25) is 10.0 Å². The summed E-state index contributed by atoms with van der Waals surface area (Å²) in [6, 6.07) is 12.4. The minimum Gasteiger partial charge on any atom is -0.493 e. The number of ether oxygens (including phenoxy) is 2. The van der Waals surface area contributed by atoms with E-state index in [0.717, 1.165) is 40.4 Å². The van der Waals surface area contributed by atoms with Gasteiger partial charge in [-0.15, -0.1) is 0 Å². The number of nitrogens with one attached hydrogen (secondary N) is 1. The number of fused-ring (bicyclic) bond motifs is 1. The molecule has 0 amide bonds. The summed E-state index contributed by atoms with van der Waals surface area (Å²) < 4.78 is 36.8. The normalized spacial score (nSPS) is 15.6. The minimum absolute atomic E-state index is 0.148. The van der Waals surface area contributed by atoms with Gasteiger partial charge in [0.1, 0.15) is 0 Å². The molecule has 32 heavy (non-hydrogen) atoms. The van der Waals surface area contributed by atoms with Crippen LogP contribution >= 0.6 is 0 Å². The van der Waals surface area contributed by atoms with Crippen LogP contribution in [0, 0.1) is 0 Å². The van der Waals surface area contributed by atoms with Crippen LogP contribution in [0.1, 0.15) is 19.8 Å². The van der Waals surface area contributed by atoms with Gasteiger partial charge < -0.3 is 14.8 Å². The third kappa shape index (κ3) is 4.52. The highest BCUT2D eigenvalue weighted by molar-refractivity contribution is 7.89. The highest BCUT2D eigenvalue weighted by atomic mass is 32.2. The van der Waals surface area contributed by atoms with Gasteiger partial charge in [-0.2, -0.15) is 0 Å². The van der Waals surface area contributed by atoms with E-state index in [-0.39, 0.29) is 11.8 Å². The molecule has 1 N–H and O–H groups in total. The van der Waals surface area contributed by atoms with E-state index in [9.17, 15) is 8.42 Å². The van der Waals surface area contributed by atoms with Crippen molar-refractivity contribution < 1.29 is 17.9 Å². The molecule has 2 heterocycles. The van der Waals surface area contributed by atoms with E-state index in [4.69, 9.17) is 9.47 Å². The standard InChI is InChI=1S/C24H29N3O4S/c1-4-32(28,29)27-11-8-20(9-12-27)26-22-14-19(13-18-7-10-25-16-21(18)22)17-5-6-23(30-2)24(15-17)31-3/h5-7,10,13-16,20,26H,4,8-9,11-12H2,1-3H3. The van der Waals surface area contributed by atoms with Gasteiger partial charge >= 0.3 is 0 Å². The highest BCUT2D eigenvalue weighted by Gasteiger charge is 2.27. The molecule has 0 spiro atoms. The molecule has 0 saturated carbocycles. The second-order valence-corrected chi connectivity index (χ2v) is 10.2. The molecule has 170 valence electrons. The van der Waals surface area contributed by atoms with Crippen molar-refractivity contribution in [1.29, 1.82) is 0 Å². The number of rotatable bonds is 7. The first kappa shape index (κ1) is 22.4. The van der Waals surface area contributed by atoms with Crippen molar-refractivity contribution >= 4 is 26.5 Å². The fourth-order valence-corrected chi connectivity index (χ4v) is 5.31. The summed E-state index contributed by atoms with van der Waals surface area (Å²) in [5.41, 5.74) is 3.07. The largest absolute Gasteiger partial charge is 0.493 e. The van der Waals surface area contributed by atoms with E-state index in [2.05, 4.69) is 22.4 Å². The van der Waals surface area contributed by atoms with Gasteiger partial charge in [-0.25, -0.2) is 12.7 Å². The van der Waals surface area contributed by atoms with Crippen LogP contribution in [0.2, 0.25) is 0 Å². The Morgan fingerprint density at radius 1 is 1.03 bits per heavy atom. The number of methoxy groups -OCH3 is 2. The Kier molecular flexibility index (Phi) is 6.53. The van der Waals surface area contributed by atoms with E-state index in [1.807, 2.05) is 30.5 Å². The number of hydrogen-bond acceptors (Lipinski definition) is 6. The van der Waals surface area contributed by atoms with E-state index < -0.39 is 10.0 Å². The van der Waals surface area contributed by atoms with E-state index in [1.165, 1.54) is 0 Å². The van der Waals surface area contributed by atoms with Crippen molar-refractivity contribution in [1.82, 2.24) is 9.29 Å². The van der Waals surface area contributed by atoms with Crippen molar-refractivity contribution in [2.75, 3.05) is 38.4 Å². The zero-order valence-corrected chi connectivity index (χ0v) is 19.5. The highest BCUT2D eigenvalue weighted by Crippen LogP contribution is 2.36. The van der Waals surface area contributed by atoms with Crippen LogP contribution < -0.4 is 14.8 Å². The SMILES string of the molecule is CCS(=O)(=O)N1CCC(Nc2cc(-c3ccc(OC)c(OC)c3)cc3ccncc23)CC1. The number of pyridine rings is 1. The van der Waals surface area contributed by atoms with Crippen molar-refractivity contribution in [2.24, 2.45) is 0 Å². The van der Waals surface area contributed by atoms with Crippen LogP contribution in [0.4, 0.5) is 5.69 Å². The molecule has 0 bridgehead atoms. The zero-order valence-electron chi connectivity index (χ0n) is 18.7. The molecule has 8 heteroatoms. The molecular weight excluding hydrogens is 426 g/mol. The summed E-state index contributed by atoms with van der Waals surface area (Å²) in [5, 5.41) is 5.78. The van der Waals surface area contributed by atoms with Crippen molar-refractivity contribution in [3.05, 3.63) is 48.8 Å². The van der Waals surface area contributed by atoms with Crippen molar-refractivity contribution in [2.45, 2.75) is 25.8 Å². The number of hydrogen-bond donors (Lipinski definition) is 1. The zero-order chi connectivity index (χ0) is 22.7. The summed E-state index contributed by atoms with van der Waals surface area (Å²) in [7, 11) is 0.121. The number of anilines is 1. The molecule has 3 aromatic rings. The quantitative estimate of drug-likeness (QED) is 0.577. The summed E-state index contributed by atoms with van der Waals surface area (Å²) in [4.78, 5) is 4.31. The average Bonchev–Trinajstić information content (AvgIpc) is 2.83. The number of piperidine rings is 1. The fraction of sp³-hybridized carbons (Fsp3) is 0.375. The van der Waals surface area contributed by atoms with E-state index in [0.29, 0.717) is 24.6 Å².